The largest absolute Gasteiger partial charge is 0.377 e. The van der Waals surface area contributed by atoms with Crippen molar-refractivity contribution in [2.24, 2.45) is 22.5 Å². The Balaban J connectivity index is 1.56. The normalized spacial score (nSPS) is 41.1. The van der Waals surface area contributed by atoms with Crippen LogP contribution in [-0.2, 0) is 4.74 Å². The summed E-state index contributed by atoms with van der Waals surface area (Å²) in [6.45, 7) is 10.0. The lowest BCUT2D eigenvalue weighted by molar-refractivity contribution is -0.226. The second kappa shape index (κ2) is 5.50. The Bertz CT molecular complexity index is 375. The van der Waals surface area contributed by atoms with E-state index in [0.29, 0.717) is 17.4 Å². The summed E-state index contributed by atoms with van der Waals surface area (Å²) in [5, 5.41) is 3.75. The first-order valence-corrected chi connectivity index (χ1v) is 9.00. The number of nitrogens with one attached hydrogen (secondary N) is 1. The first kappa shape index (κ1) is 15.8. The molecule has 2 aliphatic carbocycles. The third kappa shape index (κ3) is 2.55. The molecule has 0 amide bonds. The summed E-state index contributed by atoms with van der Waals surface area (Å²) in [5.41, 5.74) is 7.34. The van der Waals surface area contributed by atoms with Gasteiger partial charge in [-0.2, -0.15) is 0 Å². The number of ether oxygens (including phenoxy) is 1. The molecule has 0 spiro atoms. The molecule has 3 nitrogen and oxygen atoms in total. The van der Waals surface area contributed by atoms with Gasteiger partial charge in [0, 0.05) is 36.6 Å². The molecule has 3 rings (SSSR count). The molecule has 0 aromatic heterocycles. The molecule has 3 atom stereocenters. The van der Waals surface area contributed by atoms with Gasteiger partial charge in [0.2, 0.25) is 0 Å². The molecule has 2 saturated carbocycles. The van der Waals surface area contributed by atoms with Gasteiger partial charge in [-0.1, -0.05) is 40.0 Å². The standard InChI is InChI=1S/C18H34N2O/c1-16(2)15-14(8-7-11-21-15)18(16,19)13-20-12-17(3)9-5-4-6-10-17/h14-15,20H,4-13,19H2,1-3H3. The lowest BCUT2D eigenvalue weighted by atomic mass is 9.46. The molecular formula is C18H34N2O. The molecular weight excluding hydrogens is 260 g/mol. The number of rotatable bonds is 4. The van der Waals surface area contributed by atoms with Gasteiger partial charge in [-0.15, -0.1) is 0 Å². The van der Waals surface area contributed by atoms with Crippen LogP contribution in [0.3, 0.4) is 0 Å². The van der Waals surface area contributed by atoms with E-state index in [9.17, 15) is 0 Å². The molecule has 3 N–H and O–H groups in total. The van der Waals surface area contributed by atoms with E-state index in [2.05, 4.69) is 26.1 Å². The van der Waals surface area contributed by atoms with E-state index in [4.69, 9.17) is 10.5 Å². The van der Waals surface area contributed by atoms with Gasteiger partial charge in [-0.3, -0.25) is 0 Å². The van der Waals surface area contributed by atoms with Crippen LogP contribution in [0, 0.1) is 16.7 Å². The van der Waals surface area contributed by atoms with Crippen LogP contribution in [-0.4, -0.2) is 31.3 Å². The summed E-state index contributed by atoms with van der Waals surface area (Å²) >= 11 is 0. The zero-order chi connectivity index (χ0) is 15.1. The lowest BCUT2D eigenvalue weighted by Gasteiger charge is -2.66. The highest BCUT2D eigenvalue weighted by Crippen LogP contribution is 2.57. The van der Waals surface area contributed by atoms with Crippen LogP contribution in [0.2, 0.25) is 0 Å². The van der Waals surface area contributed by atoms with Gasteiger partial charge >= 0.3 is 0 Å². The van der Waals surface area contributed by atoms with E-state index in [1.807, 2.05) is 0 Å². The minimum Gasteiger partial charge on any atom is -0.377 e. The molecule has 3 aliphatic rings. The maximum absolute atomic E-state index is 6.85. The van der Waals surface area contributed by atoms with E-state index in [0.717, 1.165) is 19.7 Å². The first-order chi connectivity index (χ1) is 9.89. The number of hydrogen-bond donors (Lipinski definition) is 2. The second-order valence-corrected chi connectivity index (χ2v) is 8.78. The molecule has 0 aromatic carbocycles. The van der Waals surface area contributed by atoms with E-state index in [1.165, 1.54) is 44.9 Å². The molecule has 21 heavy (non-hydrogen) atoms. The average Bonchev–Trinajstić information content (AvgIpc) is 2.47. The lowest BCUT2D eigenvalue weighted by Crippen LogP contribution is -2.80. The summed E-state index contributed by atoms with van der Waals surface area (Å²) < 4.78 is 6.00. The maximum atomic E-state index is 6.85. The zero-order valence-corrected chi connectivity index (χ0v) is 14.2. The third-order valence-electron chi connectivity index (χ3n) is 6.92. The predicted molar refractivity (Wildman–Crippen MR) is 87.2 cm³/mol. The topological polar surface area (TPSA) is 47.3 Å². The van der Waals surface area contributed by atoms with Crippen LogP contribution < -0.4 is 11.1 Å². The Morgan fingerprint density at radius 3 is 2.48 bits per heavy atom. The fourth-order valence-corrected chi connectivity index (χ4v) is 5.18. The van der Waals surface area contributed by atoms with Gasteiger partial charge in [0.15, 0.2) is 0 Å². The molecule has 1 aliphatic heterocycles. The Morgan fingerprint density at radius 1 is 1.05 bits per heavy atom. The molecule has 0 radical (unpaired) electrons. The molecule has 122 valence electrons. The molecule has 0 aromatic rings. The smallest absolute Gasteiger partial charge is 0.0690 e. The highest BCUT2D eigenvalue weighted by Gasteiger charge is 2.66. The van der Waals surface area contributed by atoms with E-state index < -0.39 is 0 Å². The Hall–Kier alpha value is -0.120. The maximum Gasteiger partial charge on any atom is 0.0690 e. The molecule has 3 unspecified atom stereocenters. The van der Waals surface area contributed by atoms with Crippen LogP contribution in [0.15, 0.2) is 0 Å². The van der Waals surface area contributed by atoms with Gasteiger partial charge in [-0.05, 0) is 31.1 Å². The van der Waals surface area contributed by atoms with Crippen LogP contribution in [0.25, 0.3) is 0 Å². The fraction of sp³-hybridized carbons (Fsp3) is 1.00. The Labute approximate surface area is 130 Å². The second-order valence-electron chi connectivity index (χ2n) is 8.78. The summed E-state index contributed by atoms with van der Waals surface area (Å²) in [6, 6.07) is 0. The van der Waals surface area contributed by atoms with Gasteiger partial charge in [0.1, 0.15) is 0 Å². The Morgan fingerprint density at radius 2 is 1.76 bits per heavy atom. The van der Waals surface area contributed by atoms with Crippen LogP contribution in [0.5, 0.6) is 0 Å². The molecule has 3 heteroatoms. The minimum absolute atomic E-state index is 0.0941. The van der Waals surface area contributed by atoms with Crippen molar-refractivity contribution in [3.8, 4) is 0 Å². The Kier molecular flexibility index (Phi) is 4.13. The van der Waals surface area contributed by atoms with Crippen molar-refractivity contribution >= 4 is 0 Å². The SMILES string of the molecule is CC1(CNCC2(N)C3CCCOC3C2(C)C)CCCCC1. The number of fused-ring (bicyclic) bond motifs is 1. The van der Waals surface area contributed by atoms with Crippen molar-refractivity contribution in [2.45, 2.75) is 77.4 Å². The monoisotopic (exact) mass is 294 g/mol. The highest BCUT2D eigenvalue weighted by molar-refractivity contribution is 5.20. The fourth-order valence-electron chi connectivity index (χ4n) is 5.18. The summed E-state index contributed by atoms with van der Waals surface area (Å²) in [6.07, 6.45) is 9.75. The third-order valence-corrected chi connectivity index (χ3v) is 6.92. The molecule has 3 fully saturated rings. The van der Waals surface area contributed by atoms with Crippen molar-refractivity contribution in [1.82, 2.24) is 5.32 Å². The first-order valence-electron chi connectivity index (χ1n) is 9.00. The average molecular weight is 294 g/mol. The minimum atomic E-state index is -0.0941. The number of nitrogens with two attached hydrogens (primary N) is 1. The molecule has 1 heterocycles. The van der Waals surface area contributed by atoms with Crippen molar-refractivity contribution in [1.29, 1.82) is 0 Å². The summed E-state index contributed by atoms with van der Waals surface area (Å²) in [4.78, 5) is 0. The summed E-state index contributed by atoms with van der Waals surface area (Å²) in [5.74, 6) is 0.549. The van der Waals surface area contributed by atoms with Crippen molar-refractivity contribution in [3.05, 3.63) is 0 Å². The van der Waals surface area contributed by atoms with Crippen LogP contribution in [0.4, 0.5) is 0 Å². The van der Waals surface area contributed by atoms with Gasteiger partial charge in [0.05, 0.1) is 6.10 Å². The van der Waals surface area contributed by atoms with E-state index in [-0.39, 0.29) is 11.0 Å². The highest BCUT2D eigenvalue weighted by atomic mass is 16.5. The van der Waals surface area contributed by atoms with Crippen LogP contribution in [0.1, 0.15) is 65.7 Å². The van der Waals surface area contributed by atoms with Crippen molar-refractivity contribution in [3.63, 3.8) is 0 Å². The predicted octanol–water partition coefficient (Wildman–Crippen LogP) is 3.08. The van der Waals surface area contributed by atoms with E-state index in [1.54, 1.807) is 0 Å². The number of hydrogen-bond acceptors (Lipinski definition) is 3. The van der Waals surface area contributed by atoms with Crippen LogP contribution >= 0.6 is 0 Å². The van der Waals surface area contributed by atoms with Gasteiger partial charge < -0.3 is 15.8 Å². The van der Waals surface area contributed by atoms with E-state index >= 15 is 0 Å². The quantitative estimate of drug-likeness (QED) is 0.837. The van der Waals surface area contributed by atoms with Crippen molar-refractivity contribution in [2.75, 3.05) is 19.7 Å². The molecule has 0 bridgehead atoms. The zero-order valence-electron chi connectivity index (χ0n) is 14.2. The van der Waals surface area contributed by atoms with Gasteiger partial charge in [0.25, 0.3) is 0 Å². The van der Waals surface area contributed by atoms with Crippen molar-refractivity contribution < 1.29 is 4.74 Å². The summed E-state index contributed by atoms with van der Waals surface area (Å²) in [7, 11) is 0. The molecule has 1 saturated heterocycles. The van der Waals surface area contributed by atoms with Gasteiger partial charge in [-0.25, -0.2) is 0 Å².